The Labute approximate surface area is 92.0 Å². The van der Waals surface area contributed by atoms with Gasteiger partial charge in [-0.05, 0) is 26.0 Å². The molecule has 1 aromatic carbocycles. The zero-order valence-corrected chi connectivity index (χ0v) is 9.04. The molecule has 5 heteroatoms. The second-order valence-corrected chi connectivity index (χ2v) is 3.66. The number of hydrogen-bond donors (Lipinski definition) is 2. The molecule has 2 aromatic rings. The molecule has 1 heterocycles. The second-order valence-electron chi connectivity index (χ2n) is 3.66. The molecule has 0 atom stereocenters. The van der Waals surface area contributed by atoms with Gasteiger partial charge in [-0.15, -0.1) is 0 Å². The fourth-order valence-electron chi connectivity index (χ4n) is 1.66. The quantitative estimate of drug-likeness (QED) is 0.724. The van der Waals surface area contributed by atoms with Gasteiger partial charge in [0.2, 0.25) is 0 Å². The van der Waals surface area contributed by atoms with Crippen molar-refractivity contribution in [2.75, 3.05) is 11.5 Å². The number of hydrogen-bond acceptors (Lipinski definition) is 4. The summed E-state index contributed by atoms with van der Waals surface area (Å²) >= 11 is 0. The largest absolute Gasteiger partial charge is 0.397 e. The predicted octanol–water partition coefficient (Wildman–Crippen LogP) is 2.26. The van der Waals surface area contributed by atoms with Gasteiger partial charge in [-0.25, -0.2) is 4.39 Å². The van der Waals surface area contributed by atoms with Crippen LogP contribution in [0.5, 0.6) is 0 Å². The maximum Gasteiger partial charge on any atom is 0.141 e. The van der Waals surface area contributed by atoms with E-state index in [4.69, 9.17) is 16.0 Å². The van der Waals surface area contributed by atoms with E-state index in [0.29, 0.717) is 28.3 Å². The van der Waals surface area contributed by atoms with Crippen LogP contribution in [0.3, 0.4) is 0 Å². The number of aromatic nitrogens is 1. The number of aryl methyl sites for hydroxylation is 2. The molecule has 0 unspecified atom stereocenters. The number of benzene rings is 1. The summed E-state index contributed by atoms with van der Waals surface area (Å²) in [6.45, 7) is 3.47. The Kier molecular flexibility index (Phi) is 2.30. The smallest absolute Gasteiger partial charge is 0.141 e. The van der Waals surface area contributed by atoms with Crippen LogP contribution in [0.25, 0.3) is 11.1 Å². The first-order valence-electron chi connectivity index (χ1n) is 4.78. The SMILES string of the molecule is Cc1noc(C)c1-c1cc(N)c(N)cc1F. The van der Waals surface area contributed by atoms with Crippen molar-refractivity contribution in [1.82, 2.24) is 5.16 Å². The molecule has 0 saturated heterocycles. The average molecular weight is 221 g/mol. The van der Waals surface area contributed by atoms with Gasteiger partial charge in [0.15, 0.2) is 0 Å². The van der Waals surface area contributed by atoms with Crippen molar-refractivity contribution in [2.45, 2.75) is 13.8 Å². The third kappa shape index (κ3) is 1.50. The van der Waals surface area contributed by atoms with Crippen molar-refractivity contribution in [1.29, 1.82) is 0 Å². The van der Waals surface area contributed by atoms with Gasteiger partial charge in [-0.3, -0.25) is 0 Å². The second kappa shape index (κ2) is 3.52. The highest BCUT2D eigenvalue weighted by atomic mass is 19.1. The van der Waals surface area contributed by atoms with Crippen molar-refractivity contribution < 1.29 is 8.91 Å². The molecule has 0 radical (unpaired) electrons. The van der Waals surface area contributed by atoms with E-state index in [1.807, 2.05) is 0 Å². The fraction of sp³-hybridized carbons (Fsp3) is 0.182. The molecule has 2 rings (SSSR count). The monoisotopic (exact) mass is 221 g/mol. The van der Waals surface area contributed by atoms with Crippen molar-refractivity contribution in [3.8, 4) is 11.1 Å². The molecule has 0 aliphatic heterocycles. The van der Waals surface area contributed by atoms with Crippen molar-refractivity contribution in [2.24, 2.45) is 0 Å². The Bertz CT molecular complexity index is 529. The van der Waals surface area contributed by atoms with E-state index in [2.05, 4.69) is 5.16 Å². The maximum absolute atomic E-state index is 13.7. The van der Waals surface area contributed by atoms with E-state index in [-0.39, 0.29) is 5.69 Å². The molecule has 4 N–H and O–H groups in total. The molecule has 84 valence electrons. The number of nitrogen functional groups attached to an aromatic ring is 2. The van der Waals surface area contributed by atoms with Crippen LogP contribution in [0.4, 0.5) is 15.8 Å². The molecule has 0 fully saturated rings. The van der Waals surface area contributed by atoms with Gasteiger partial charge in [0.25, 0.3) is 0 Å². The summed E-state index contributed by atoms with van der Waals surface area (Å²) in [5.74, 6) is 0.127. The summed E-state index contributed by atoms with van der Waals surface area (Å²) in [7, 11) is 0. The molecule has 0 aliphatic rings. The molecular formula is C11H12FN3O. The normalized spacial score (nSPS) is 10.7. The molecule has 4 nitrogen and oxygen atoms in total. The van der Waals surface area contributed by atoms with Crippen LogP contribution in [0, 0.1) is 19.7 Å². The van der Waals surface area contributed by atoms with E-state index in [1.165, 1.54) is 12.1 Å². The van der Waals surface area contributed by atoms with Crippen molar-refractivity contribution >= 4 is 11.4 Å². The summed E-state index contributed by atoms with van der Waals surface area (Å²) < 4.78 is 18.7. The van der Waals surface area contributed by atoms with Crippen LogP contribution in [0.2, 0.25) is 0 Å². The van der Waals surface area contributed by atoms with Crippen LogP contribution < -0.4 is 11.5 Å². The molecule has 0 spiro atoms. The standard InChI is InChI=1S/C11H12FN3O/c1-5-11(6(2)16-15-5)7-3-9(13)10(14)4-8(7)12/h3-4H,13-14H2,1-2H3. The van der Waals surface area contributed by atoms with Crippen LogP contribution in [0.15, 0.2) is 16.7 Å². The lowest BCUT2D eigenvalue weighted by Gasteiger charge is -2.06. The molecule has 0 bridgehead atoms. The first-order chi connectivity index (χ1) is 7.50. The summed E-state index contributed by atoms with van der Waals surface area (Å²) in [6.07, 6.45) is 0. The van der Waals surface area contributed by atoms with E-state index in [9.17, 15) is 4.39 Å². The number of nitrogens with two attached hydrogens (primary N) is 2. The minimum atomic E-state index is -0.430. The van der Waals surface area contributed by atoms with E-state index < -0.39 is 5.82 Å². The topological polar surface area (TPSA) is 78.1 Å². The lowest BCUT2D eigenvalue weighted by atomic mass is 10.0. The first-order valence-corrected chi connectivity index (χ1v) is 4.78. The Morgan fingerprint density at radius 1 is 1.19 bits per heavy atom. The van der Waals surface area contributed by atoms with Crippen LogP contribution in [0.1, 0.15) is 11.5 Å². The van der Waals surface area contributed by atoms with Crippen LogP contribution in [-0.4, -0.2) is 5.16 Å². The molecule has 0 amide bonds. The van der Waals surface area contributed by atoms with Crippen molar-refractivity contribution in [3.05, 3.63) is 29.4 Å². The third-order valence-electron chi connectivity index (χ3n) is 2.48. The Balaban J connectivity index is 2.69. The van der Waals surface area contributed by atoms with Crippen LogP contribution >= 0.6 is 0 Å². The minimum Gasteiger partial charge on any atom is -0.397 e. The molecule has 1 aromatic heterocycles. The predicted molar refractivity (Wildman–Crippen MR) is 60.2 cm³/mol. The van der Waals surface area contributed by atoms with E-state index in [0.717, 1.165) is 0 Å². The Morgan fingerprint density at radius 2 is 1.81 bits per heavy atom. The molecule has 16 heavy (non-hydrogen) atoms. The van der Waals surface area contributed by atoms with Gasteiger partial charge in [-0.1, -0.05) is 5.16 Å². The zero-order valence-electron chi connectivity index (χ0n) is 9.04. The van der Waals surface area contributed by atoms with E-state index in [1.54, 1.807) is 13.8 Å². The van der Waals surface area contributed by atoms with Gasteiger partial charge in [-0.2, -0.15) is 0 Å². The minimum absolute atomic E-state index is 0.230. The average Bonchev–Trinajstić information content (AvgIpc) is 2.53. The van der Waals surface area contributed by atoms with Gasteiger partial charge < -0.3 is 16.0 Å². The zero-order chi connectivity index (χ0) is 11.9. The number of nitrogens with zero attached hydrogens (tertiary/aromatic N) is 1. The number of halogens is 1. The summed E-state index contributed by atoms with van der Waals surface area (Å²) in [5, 5.41) is 3.77. The lowest BCUT2D eigenvalue weighted by molar-refractivity contribution is 0.393. The van der Waals surface area contributed by atoms with Gasteiger partial charge in [0.1, 0.15) is 11.6 Å². The number of anilines is 2. The lowest BCUT2D eigenvalue weighted by Crippen LogP contribution is -1.98. The van der Waals surface area contributed by atoms with Gasteiger partial charge >= 0.3 is 0 Å². The van der Waals surface area contributed by atoms with Crippen molar-refractivity contribution in [3.63, 3.8) is 0 Å². The highest BCUT2D eigenvalue weighted by Gasteiger charge is 2.16. The Morgan fingerprint density at radius 3 is 2.38 bits per heavy atom. The summed E-state index contributed by atoms with van der Waals surface area (Å²) in [5.41, 5.74) is 13.4. The number of rotatable bonds is 1. The Hall–Kier alpha value is -2.04. The van der Waals surface area contributed by atoms with E-state index >= 15 is 0 Å². The first kappa shape index (κ1) is 10.5. The maximum atomic E-state index is 13.7. The fourth-order valence-corrected chi connectivity index (χ4v) is 1.66. The highest BCUT2D eigenvalue weighted by molar-refractivity contribution is 5.77. The third-order valence-corrected chi connectivity index (χ3v) is 2.48. The van der Waals surface area contributed by atoms with Gasteiger partial charge in [0.05, 0.1) is 22.6 Å². The summed E-state index contributed by atoms with van der Waals surface area (Å²) in [4.78, 5) is 0. The molecular weight excluding hydrogens is 209 g/mol. The molecule has 0 saturated carbocycles. The summed E-state index contributed by atoms with van der Waals surface area (Å²) in [6, 6.07) is 2.70. The van der Waals surface area contributed by atoms with Gasteiger partial charge in [0, 0.05) is 5.56 Å². The molecule has 0 aliphatic carbocycles. The highest BCUT2D eigenvalue weighted by Crippen LogP contribution is 2.32. The van der Waals surface area contributed by atoms with Crippen LogP contribution in [-0.2, 0) is 0 Å².